The van der Waals surface area contributed by atoms with Gasteiger partial charge in [-0.2, -0.15) is 5.10 Å². The first-order valence-electron chi connectivity index (χ1n) is 9.90. The van der Waals surface area contributed by atoms with E-state index in [-0.39, 0.29) is 17.5 Å². The normalized spacial score (nSPS) is 15.8. The van der Waals surface area contributed by atoms with E-state index in [4.69, 9.17) is 4.42 Å². The van der Waals surface area contributed by atoms with Crippen molar-refractivity contribution >= 4 is 11.4 Å². The molecule has 6 rings (SSSR count). The van der Waals surface area contributed by atoms with E-state index in [2.05, 4.69) is 30.2 Å². The van der Waals surface area contributed by atoms with Crippen LogP contribution in [0.1, 0.15) is 33.8 Å². The summed E-state index contributed by atoms with van der Waals surface area (Å²) in [4.78, 5) is 26.6. The molecular weight excluding hydrogens is 415 g/mol. The second-order valence-electron chi connectivity index (χ2n) is 7.33. The SMILES string of the molecule is O=C(c1nnc(-c2ccc(F)cn2)o1)N1CCc2[nH]cnc2[C@H]1c1cc2ccccn2n1. The summed E-state index contributed by atoms with van der Waals surface area (Å²) < 4.78 is 20.5. The molecule has 5 aromatic rings. The van der Waals surface area contributed by atoms with E-state index in [1.165, 1.54) is 12.1 Å². The summed E-state index contributed by atoms with van der Waals surface area (Å²) >= 11 is 0. The molecule has 32 heavy (non-hydrogen) atoms. The lowest BCUT2D eigenvalue weighted by Crippen LogP contribution is -2.41. The molecule has 1 atom stereocenters. The topological polar surface area (TPSA) is 118 Å². The van der Waals surface area contributed by atoms with Crippen molar-refractivity contribution < 1.29 is 13.6 Å². The molecule has 0 bridgehead atoms. The molecule has 6 heterocycles. The lowest BCUT2D eigenvalue weighted by Gasteiger charge is -2.32. The van der Waals surface area contributed by atoms with Gasteiger partial charge in [0.15, 0.2) is 0 Å². The average Bonchev–Trinajstić information content (AvgIpc) is 3.57. The first kappa shape index (κ1) is 18.4. The summed E-state index contributed by atoms with van der Waals surface area (Å²) in [5, 5.41) is 12.5. The van der Waals surface area contributed by atoms with Crippen molar-refractivity contribution in [2.75, 3.05) is 6.54 Å². The van der Waals surface area contributed by atoms with Crippen LogP contribution in [0.2, 0.25) is 0 Å². The second kappa shape index (κ2) is 7.08. The standard InChI is InChI=1S/C21H15FN8O2/c22-12-4-5-15(23-10-12)19-26-27-20(32-19)21(31)29-8-6-14-17(25-11-24-14)18(29)16-9-13-3-1-2-7-30(13)28-16/h1-5,7,9-11,18H,6,8H2,(H,24,25)/t18-/m1/s1. The maximum absolute atomic E-state index is 13.4. The van der Waals surface area contributed by atoms with Gasteiger partial charge < -0.3 is 14.3 Å². The molecule has 1 aliphatic rings. The van der Waals surface area contributed by atoms with E-state index < -0.39 is 17.8 Å². The molecule has 0 aliphatic carbocycles. The van der Waals surface area contributed by atoms with Crippen LogP contribution >= 0.6 is 0 Å². The number of hydrogen-bond acceptors (Lipinski definition) is 7. The van der Waals surface area contributed by atoms with Crippen molar-refractivity contribution in [2.24, 2.45) is 0 Å². The fourth-order valence-corrected chi connectivity index (χ4v) is 3.92. The summed E-state index contributed by atoms with van der Waals surface area (Å²) in [6.07, 6.45) is 5.11. The van der Waals surface area contributed by atoms with Gasteiger partial charge in [0, 0.05) is 24.9 Å². The number of H-pyrrole nitrogens is 1. The van der Waals surface area contributed by atoms with Crippen LogP contribution in [-0.2, 0) is 6.42 Å². The van der Waals surface area contributed by atoms with Gasteiger partial charge >= 0.3 is 11.8 Å². The molecule has 0 fully saturated rings. The summed E-state index contributed by atoms with van der Waals surface area (Å²) in [5.41, 5.74) is 3.55. The molecule has 0 aromatic carbocycles. The van der Waals surface area contributed by atoms with Crippen molar-refractivity contribution in [3.8, 4) is 11.6 Å². The molecule has 0 saturated heterocycles. The van der Waals surface area contributed by atoms with Crippen LogP contribution in [0.5, 0.6) is 0 Å². The first-order chi connectivity index (χ1) is 15.7. The molecule has 0 unspecified atom stereocenters. The number of hydrogen-bond donors (Lipinski definition) is 1. The smallest absolute Gasteiger partial charge is 0.312 e. The largest absolute Gasteiger partial charge is 0.411 e. The number of aromatic nitrogens is 7. The van der Waals surface area contributed by atoms with Crippen LogP contribution in [0.15, 0.2) is 59.5 Å². The number of amides is 1. The predicted octanol–water partition coefficient (Wildman–Crippen LogP) is 2.43. The highest BCUT2D eigenvalue weighted by Gasteiger charge is 2.38. The first-order valence-corrected chi connectivity index (χ1v) is 9.90. The minimum Gasteiger partial charge on any atom is -0.411 e. The van der Waals surface area contributed by atoms with E-state index in [1.54, 1.807) is 15.7 Å². The fraction of sp³-hybridized carbons (Fsp3) is 0.143. The van der Waals surface area contributed by atoms with E-state index in [0.29, 0.717) is 18.7 Å². The van der Waals surface area contributed by atoms with Crippen LogP contribution in [0.3, 0.4) is 0 Å². The van der Waals surface area contributed by atoms with Gasteiger partial charge in [-0.25, -0.2) is 18.9 Å². The Bertz CT molecular complexity index is 1400. The van der Waals surface area contributed by atoms with Gasteiger partial charge in [-0.1, -0.05) is 6.07 Å². The summed E-state index contributed by atoms with van der Waals surface area (Å²) in [6.45, 7) is 0.416. The zero-order chi connectivity index (χ0) is 21.7. The Morgan fingerprint density at radius 1 is 1.19 bits per heavy atom. The highest BCUT2D eigenvalue weighted by atomic mass is 19.1. The van der Waals surface area contributed by atoms with E-state index in [9.17, 15) is 9.18 Å². The molecule has 11 heteroatoms. The Kier molecular flexibility index (Phi) is 4.06. The lowest BCUT2D eigenvalue weighted by atomic mass is 9.99. The number of rotatable bonds is 3. The van der Waals surface area contributed by atoms with Crippen LogP contribution in [0.25, 0.3) is 17.1 Å². The number of carbonyl (C=O) groups is 1. The zero-order valence-electron chi connectivity index (χ0n) is 16.5. The van der Waals surface area contributed by atoms with Gasteiger partial charge in [-0.05, 0) is 30.3 Å². The molecule has 1 N–H and O–H groups in total. The summed E-state index contributed by atoms with van der Waals surface area (Å²) in [7, 11) is 0. The molecule has 10 nitrogen and oxygen atoms in total. The van der Waals surface area contributed by atoms with E-state index in [0.717, 1.165) is 23.1 Å². The number of fused-ring (bicyclic) bond motifs is 2. The minimum atomic E-state index is -0.517. The Morgan fingerprint density at radius 3 is 2.97 bits per heavy atom. The van der Waals surface area contributed by atoms with Gasteiger partial charge in [0.25, 0.3) is 5.89 Å². The van der Waals surface area contributed by atoms with Gasteiger partial charge in [0.2, 0.25) is 0 Å². The maximum atomic E-state index is 13.4. The number of carbonyl (C=O) groups excluding carboxylic acids is 1. The lowest BCUT2D eigenvalue weighted by molar-refractivity contribution is 0.0646. The summed E-state index contributed by atoms with van der Waals surface area (Å²) in [6, 6.07) is 9.81. The molecule has 1 aliphatic heterocycles. The van der Waals surface area contributed by atoms with Crippen molar-refractivity contribution in [3.05, 3.63) is 83.9 Å². The third-order valence-electron chi connectivity index (χ3n) is 5.41. The molecule has 0 saturated carbocycles. The average molecular weight is 430 g/mol. The molecule has 0 spiro atoms. The maximum Gasteiger partial charge on any atom is 0.312 e. The van der Waals surface area contributed by atoms with E-state index in [1.807, 2.05) is 30.5 Å². The van der Waals surface area contributed by atoms with Crippen molar-refractivity contribution in [3.63, 3.8) is 0 Å². The van der Waals surface area contributed by atoms with Gasteiger partial charge in [-0.3, -0.25) is 4.79 Å². The molecule has 158 valence electrons. The monoisotopic (exact) mass is 430 g/mol. The molecule has 5 aromatic heterocycles. The Morgan fingerprint density at radius 2 is 2.12 bits per heavy atom. The Hall–Kier alpha value is -4.41. The van der Waals surface area contributed by atoms with Crippen LogP contribution in [0, 0.1) is 5.82 Å². The number of pyridine rings is 2. The summed E-state index contributed by atoms with van der Waals surface area (Å²) in [5.74, 6) is -1.07. The minimum absolute atomic E-state index is 0.0371. The molecule has 0 radical (unpaired) electrons. The number of nitrogens with zero attached hydrogens (tertiary/aromatic N) is 7. The number of halogens is 1. The Balaban J connectivity index is 1.38. The number of aromatic amines is 1. The number of imidazole rings is 1. The molecular formula is C21H15FN8O2. The van der Waals surface area contributed by atoms with Crippen LogP contribution < -0.4 is 0 Å². The fourth-order valence-electron chi connectivity index (χ4n) is 3.92. The van der Waals surface area contributed by atoms with Gasteiger partial charge in [0.05, 0.1) is 29.4 Å². The van der Waals surface area contributed by atoms with Crippen molar-refractivity contribution in [1.82, 2.24) is 39.7 Å². The zero-order valence-corrected chi connectivity index (χ0v) is 16.5. The third-order valence-corrected chi connectivity index (χ3v) is 5.41. The predicted molar refractivity (Wildman–Crippen MR) is 108 cm³/mol. The van der Waals surface area contributed by atoms with E-state index >= 15 is 0 Å². The van der Waals surface area contributed by atoms with Crippen molar-refractivity contribution in [1.29, 1.82) is 0 Å². The Labute approximate surface area is 179 Å². The second-order valence-corrected chi connectivity index (χ2v) is 7.33. The van der Waals surface area contributed by atoms with Crippen LogP contribution in [0.4, 0.5) is 4.39 Å². The quantitative estimate of drug-likeness (QED) is 0.467. The van der Waals surface area contributed by atoms with Gasteiger partial charge in [-0.15, -0.1) is 10.2 Å². The molecule has 1 amide bonds. The number of nitrogens with one attached hydrogen (secondary N) is 1. The van der Waals surface area contributed by atoms with Crippen LogP contribution in [-0.4, -0.2) is 52.1 Å². The highest BCUT2D eigenvalue weighted by molar-refractivity contribution is 5.90. The van der Waals surface area contributed by atoms with Gasteiger partial charge in [0.1, 0.15) is 17.6 Å². The third kappa shape index (κ3) is 2.94. The highest BCUT2D eigenvalue weighted by Crippen LogP contribution is 2.34. The van der Waals surface area contributed by atoms with Crippen molar-refractivity contribution in [2.45, 2.75) is 12.5 Å².